The Morgan fingerprint density at radius 2 is 2.12 bits per heavy atom. The molecule has 1 aliphatic rings. The number of carbonyl (C=O) groups is 1. The molecule has 5 nitrogen and oxygen atoms in total. The maximum atomic E-state index is 11.7. The zero-order valence-electron chi connectivity index (χ0n) is 8.80. The second-order valence-electron chi connectivity index (χ2n) is 3.52. The Bertz CT molecular complexity index is 525. The summed E-state index contributed by atoms with van der Waals surface area (Å²) in [6.07, 6.45) is 0.0616. The summed E-state index contributed by atoms with van der Waals surface area (Å²) in [5.41, 5.74) is 1.17. The van der Waals surface area contributed by atoms with Gasteiger partial charge in [-0.25, -0.2) is 12.7 Å². The van der Waals surface area contributed by atoms with Gasteiger partial charge < -0.3 is 5.32 Å². The van der Waals surface area contributed by atoms with Crippen LogP contribution in [0.3, 0.4) is 0 Å². The van der Waals surface area contributed by atoms with Crippen molar-refractivity contribution in [3.8, 4) is 0 Å². The van der Waals surface area contributed by atoms with Gasteiger partial charge in [-0.05, 0) is 18.2 Å². The van der Waals surface area contributed by atoms with Crippen LogP contribution < -0.4 is 9.62 Å². The number of carbonyl (C=O) groups excluding carboxylic acids is 1. The number of hydrogen-bond acceptors (Lipinski definition) is 4. The predicted octanol–water partition coefficient (Wildman–Crippen LogP) is 0.795. The molecule has 2 rings (SSSR count). The van der Waals surface area contributed by atoms with E-state index in [4.69, 9.17) is 0 Å². The molecule has 1 aromatic rings. The Balaban J connectivity index is 2.47. The first-order valence-electron chi connectivity index (χ1n) is 4.88. The quantitative estimate of drug-likeness (QED) is 0.830. The van der Waals surface area contributed by atoms with Crippen LogP contribution in [0.25, 0.3) is 0 Å². The van der Waals surface area contributed by atoms with Crippen LogP contribution in [0.1, 0.15) is 6.42 Å². The Morgan fingerprint density at radius 3 is 2.69 bits per heavy atom. The lowest BCUT2D eigenvalue weighted by molar-refractivity contribution is -0.116. The van der Waals surface area contributed by atoms with Crippen molar-refractivity contribution in [2.45, 2.75) is 6.42 Å². The van der Waals surface area contributed by atoms with Crippen LogP contribution in [-0.2, 0) is 14.8 Å². The predicted molar refractivity (Wildman–Crippen MR) is 61.9 cm³/mol. The van der Waals surface area contributed by atoms with Crippen molar-refractivity contribution in [3.05, 3.63) is 24.3 Å². The first-order chi connectivity index (χ1) is 7.54. The number of benzene rings is 1. The van der Waals surface area contributed by atoms with Crippen molar-refractivity contribution >= 4 is 27.3 Å². The van der Waals surface area contributed by atoms with Gasteiger partial charge in [0.25, 0.3) is 0 Å². The molecule has 0 unspecified atom stereocenters. The van der Waals surface area contributed by atoms with Crippen molar-refractivity contribution in [3.63, 3.8) is 0 Å². The van der Waals surface area contributed by atoms with Crippen LogP contribution in [0.4, 0.5) is 11.4 Å². The number of hydrogen-bond donors (Lipinski definition) is 1. The van der Waals surface area contributed by atoms with Gasteiger partial charge in [-0.1, -0.05) is 6.07 Å². The van der Waals surface area contributed by atoms with Crippen LogP contribution in [0.2, 0.25) is 0 Å². The normalized spacial score (nSPS) is 18.8. The topological polar surface area (TPSA) is 66.5 Å². The minimum atomic E-state index is -3.46. The molecule has 0 bridgehead atoms. The van der Waals surface area contributed by atoms with Gasteiger partial charge in [0.15, 0.2) is 0 Å². The molecule has 1 heterocycles. The molecule has 1 aliphatic heterocycles. The van der Waals surface area contributed by atoms with E-state index in [0.717, 1.165) is 9.99 Å². The lowest BCUT2D eigenvalue weighted by atomic mass is 10.2. The number of nitrogens with one attached hydrogen (secondary N) is 1. The monoisotopic (exact) mass is 240 g/mol. The minimum absolute atomic E-state index is 0.0616. The van der Waals surface area contributed by atoms with E-state index in [9.17, 15) is 13.2 Å². The largest absolute Gasteiger partial charge is 0.388 e. The van der Waals surface area contributed by atoms with E-state index in [1.54, 1.807) is 31.3 Å². The highest BCUT2D eigenvalue weighted by atomic mass is 32.2. The van der Waals surface area contributed by atoms with E-state index in [2.05, 4.69) is 5.32 Å². The summed E-state index contributed by atoms with van der Waals surface area (Å²) >= 11 is 0. The van der Waals surface area contributed by atoms with Gasteiger partial charge in [0.1, 0.15) is 0 Å². The number of nitrogens with zero attached hydrogens (tertiary/aromatic N) is 1. The zero-order chi connectivity index (χ0) is 11.8. The van der Waals surface area contributed by atoms with E-state index in [0.29, 0.717) is 5.69 Å². The molecule has 0 aliphatic carbocycles. The SMILES string of the molecule is CNc1cccc(N2C(=O)CCS2(=O)=O)c1. The first-order valence-corrected chi connectivity index (χ1v) is 6.49. The summed E-state index contributed by atoms with van der Waals surface area (Å²) in [7, 11) is -1.72. The van der Waals surface area contributed by atoms with Gasteiger partial charge in [0.2, 0.25) is 15.9 Å². The number of amides is 1. The number of anilines is 2. The molecular formula is C10H12N2O3S. The number of rotatable bonds is 2. The fourth-order valence-corrected chi connectivity index (χ4v) is 3.11. The molecule has 0 aromatic heterocycles. The molecule has 0 radical (unpaired) electrons. The average molecular weight is 240 g/mol. The number of sulfonamides is 1. The van der Waals surface area contributed by atoms with Gasteiger partial charge in [-0.2, -0.15) is 0 Å². The third kappa shape index (κ3) is 1.76. The fraction of sp³-hybridized carbons (Fsp3) is 0.300. The molecule has 0 atom stereocenters. The van der Waals surface area contributed by atoms with Crippen molar-refractivity contribution in [2.24, 2.45) is 0 Å². The summed E-state index contributed by atoms with van der Waals surface area (Å²) in [4.78, 5) is 11.5. The summed E-state index contributed by atoms with van der Waals surface area (Å²) in [6, 6.07) is 6.77. The van der Waals surface area contributed by atoms with Crippen LogP contribution in [-0.4, -0.2) is 27.1 Å². The van der Waals surface area contributed by atoms with E-state index < -0.39 is 10.0 Å². The van der Waals surface area contributed by atoms with Gasteiger partial charge in [-0.15, -0.1) is 0 Å². The Kier molecular flexibility index (Phi) is 2.59. The van der Waals surface area contributed by atoms with Gasteiger partial charge in [-0.3, -0.25) is 4.79 Å². The third-order valence-corrected chi connectivity index (χ3v) is 4.14. The van der Waals surface area contributed by atoms with E-state index in [-0.39, 0.29) is 18.1 Å². The highest BCUT2D eigenvalue weighted by Crippen LogP contribution is 2.26. The molecule has 0 spiro atoms. The van der Waals surface area contributed by atoms with Crippen molar-refractivity contribution in [1.82, 2.24) is 0 Å². The molecule has 6 heteroatoms. The zero-order valence-corrected chi connectivity index (χ0v) is 9.62. The van der Waals surface area contributed by atoms with Gasteiger partial charge in [0, 0.05) is 19.2 Å². The summed E-state index contributed by atoms with van der Waals surface area (Å²) < 4.78 is 24.2. The third-order valence-electron chi connectivity index (χ3n) is 2.45. The highest BCUT2D eigenvalue weighted by molar-refractivity contribution is 7.94. The van der Waals surface area contributed by atoms with Gasteiger partial charge >= 0.3 is 0 Å². The maximum absolute atomic E-state index is 11.7. The molecule has 0 saturated carbocycles. The van der Waals surface area contributed by atoms with Crippen LogP contribution in [0.5, 0.6) is 0 Å². The molecule has 1 fully saturated rings. The molecule has 1 aromatic carbocycles. The smallest absolute Gasteiger partial charge is 0.242 e. The molecule has 86 valence electrons. The van der Waals surface area contributed by atoms with Crippen LogP contribution in [0.15, 0.2) is 24.3 Å². The summed E-state index contributed by atoms with van der Waals surface area (Å²) in [5.74, 6) is -0.469. The minimum Gasteiger partial charge on any atom is -0.388 e. The van der Waals surface area contributed by atoms with E-state index in [1.165, 1.54) is 0 Å². The van der Waals surface area contributed by atoms with Crippen molar-refractivity contribution in [1.29, 1.82) is 0 Å². The first kappa shape index (κ1) is 10.9. The summed E-state index contributed by atoms with van der Waals surface area (Å²) in [6.45, 7) is 0. The summed E-state index contributed by atoms with van der Waals surface area (Å²) in [5, 5.41) is 2.90. The second-order valence-corrected chi connectivity index (χ2v) is 5.46. The fourth-order valence-electron chi connectivity index (χ4n) is 1.66. The van der Waals surface area contributed by atoms with Crippen molar-refractivity contribution in [2.75, 3.05) is 22.4 Å². The van der Waals surface area contributed by atoms with Gasteiger partial charge in [0.05, 0.1) is 11.4 Å². The Labute approximate surface area is 94.1 Å². The molecular weight excluding hydrogens is 228 g/mol. The Morgan fingerprint density at radius 1 is 1.38 bits per heavy atom. The molecule has 1 amide bonds. The van der Waals surface area contributed by atoms with E-state index >= 15 is 0 Å². The molecule has 1 saturated heterocycles. The second kappa shape index (κ2) is 3.79. The molecule has 1 N–H and O–H groups in total. The van der Waals surface area contributed by atoms with Crippen LogP contribution in [0, 0.1) is 0 Å². The standard InChI is InChI=1S/C10H12N2O3S/c1-11-8-3-2-4-9(7-8)12-10(13)5-6-16(12,14)15/h2-4,7,11H,5-6H2,1H3. The Hall–Kier alpha value is -1.56. The highest BCUT2D eigenvalue weighted by Gasteiger charge is 2.36. The van der Waals surface area contributed by atoms with E-state index in [1.807, 2.05) is 0 Å². The average Bonchev–Trinajstić information content (AvgIpc) is 2.53. The van der Waals surface area contributed by atoms with Crippen LogP contribution >= 0.6 is 0 Å². The van der Waals surface area contributed by atoms with Crippen molar-refractivity contribution < 1.29 is 13.2 Å². The lowest BCUT2D eigenvalue weighted by Gasteiger charge is -2.15. The molecule has 16 heavy (non-hydrogen) atoms. The maximum Gasteiger partial charge on any atom is 0.242 e. The lowest BCUT2D eigenvalue weighted by Crippen LogP contribution is -2.29.